The predicted molar refractivity (Wildman–Crippen MR) is 163 cm³/mol. The topological polar surface area (TPSA) is 73.9 Å². The highest BCUT2D eigenvalue weighted by Crippen LogP contribution is 2.46. The van der Waals surface area contributed by atoms with Crippen molar-refractivity contribution in [1.29, 1.82) is 0 Å². The molecule has 1 atom stereocenters. The number of rotatable bonds is 5. The highest BCUT2D eigenvalue weighted by atomic mass is 35.5. The van der Waals surface area contributed by atoms with Gasteiger partial charge < -0.3 is 25.2 Å². The molecule has 218 valence electrons. The number of benzene rings is 3. The average Bonchev–Trinajstić information content (AvgIpc) is 3.35. The first-order valence-corrected chi connectivity index (χ1v) is 14.8. The summed E-state index contributed by atoms with van der Waals surface area (Å²) in [7, 11) is 1.47. The first-order chi connectivity index (χ1) is 20.4. The van der Waals surface area contributed by atoms with E-state index in [-0.39, 0.29) is 21.9 Å². The molecule has 0 saturated carbocycles. The van der Waals surface area contributed by atoms with Crippen molar-refractivity contribution in [3.8, 4) is 5.75 Å². The van der Waals surface area contributed by atoms with Gasteiger partial charge in [-0.1, -0.05) is 35.9 Å². The molecule has 7 nitrogen and oxygen atoms in total. The van der Waals surface area contributed by atoms with E-state index in [1.807, 2.05) is 23.1 Å². The zero-order valence-electron chi connectivity index (χ0n) is 23.6. The minimum absolute atomic E-state index is 0.00930. The van der Waals surface area contributed by atoms with Crippen LogP contribution in [0.2, 0.25) is 5.02 Å². The van der Waals surface area contributed by atoms with Crippen molar-refractivity contribution in [1.82, 2.24) is 10.2 Å². The largest absolute Gasteiger partial charge is 0.495 e. The van der Waals surface area contributed by atoms with Crippen LogP contribution in [-0.4, -0.2) is 56.5 Å². The molecule has 0 aromatic heterocycles. The average molecular weight is 589 g/mol. The standard InChI is InChI=1S/C33H34ClFN4O3/c1-42-30-18-22(6-9-28(30)37-31(40)26-19-24(35)7-8-27(26)34)32(41)39-15-12-33(20-23-4-2-3-5-29(23)39)11-10-25(21-33)38-16-13-36-14-17-38/h2-9,18-19,21,36H,10-17,20H2,1H3,(H,37,40)/t33-/m0/s1. The second-order valence-electron chi connectivity index (χ2n) is 11.2. The van der Waals surface area contributed by atoms with Crippen LogP contribution in [0.4, 0.5) is 15.8 Å². The molecule has 0 unspecified atom stereocenters. The van der Waals surface area contributed by atoms with Crippen molar-refractivity contribution in [3.05, 3.63) is 100.0 Å². The molecule has 42 heavy (non-hydrogen) atoms. The summed E-state index contributed by atoms with van der Waals surface area (Å²) in [5.74, 6) is -0.952. The number of halogens is 2. The van der Waals surface area contributed by atoms with Gasteiger partial charge in [0.15, 0.2) is 0 Å². The number of hydrogen-bond donors (Lipinski definition) is 2. The molecule has 1 aliphatic carbocycles. The minimum atomic E-state index is -0.576. The van der Waals surface area contributed by atoms with Crippen molar-refractivity contribution in [3.63, 3.8) is 0 Å². The van der Waals surface area contributed by atoms with Crippen LogP contribution in [0.5, 0.6) is 5.75 Å². The fraction of sp³-hybridized carbons (Fsp3) is 0.333. The van der Waals surface area contributed by atoms with Crippen LogP contribution in [0, 0.1) is 11.2 Å². The lowest BCUT2D eigenvalue weighted by Gasteiger charge is -2.30. The van der Waals surface area contributed by atoms with E-state index in [0.717, 1.165) is 63.6 Å². The Balaban J connectivity index is 1.25. The van der Waals surface area contributed by atoms with Crippen LogP contribution in [0.1, 0.15) is 45.5 Å². The highest BCUT2D eigenvalue weighted by Gasteiger charge is 2.39. The van der Waals surface area contributed by atoms with E-state index in [0.29, 0.717) is 23.5 Å². The number of allylic oxidation sites excluding steroid dienone is 2. The highest BCUT2D eigenvalue weighted by molar-refractivity contribution is 6.34. The third kappa shape index (κ3) is 5.61. The Morgan fingerprint density at radius 1 is 1.02 bits per heavy atom. The van der Waals surface area contributed by atoms with E-state index < -0.39 is 11.7 Å². The predicted octanol–water partition coefficient (Wildman–Crippen LogP) is 5.90. The Morgan fingerprint density at radius 2 is 1.83 bits per heavy atom. The summed E-state index contributed by atoms with van der Waals surface area (Å²) in [5, 5.41) is 6.30. The zero-order chi connectivity index (χ0) is 29.3. The zero-order valence-corrected chi connectivity index (χ0v) is 24.3. The maximum absolute atomic E-state index is 14.0. The van der Waals surface area contributed by atoms with E-state index in [9.17, 15) is 14.0 Å². The van der Waals surface area contributed by atoms with Crippen molar-refractivity contribution in [2.75, 3.05) is 50.1 Å². The smallest absolute Gasteiger partial charge is 0.258 e. The Morgan fingerprint density at radius 3 is 2.64 bits per heavy atom. The van der Waals surface area contributed by atoms with Gasteiger partial charge in [-0.15, -0.1) is 0 Å². The second kappa shape index (κ2) is 11.8. The molecule has 2 heterocycles. The number of nitrogens with zero attached hydrogens (tertiary/aromatic N) is 2. The molecule has 3 aromatic carbocycles. The Bertz CT molecular complexity index is 1550. The second-order valence-corrected chi connectivity index (χ2v) is 11.6. The van der Waals surface area contributed by atoms with Gasteiger partial charge >= 0.3 is 0 Å². The van der Waals surface area contributed by atoms with Crippen molar-refractivity contribution < 1.29 is 18.7 Å². The summed E-state index contributed by atoms with van der Waals surface area (Å²) >= 11 is 6.11. The number of carbonyl (C=O) groups is 2. The number of fused-ring (bicyclic) bond motifs is 1. The molecule has 2 aliphatic heterocycles. The number of methoxy groups -OCH3 is 1. The van der Waals surface area contributed by atoms with Gasteiger partial charge in [-0.3, -0.25) is 9.59 Å². The Hall–Kier alpha value is -3.88. The van der Waals surface area contributed by atoms with Crippen LogP contribution in [-0.2, 0) is 6.42 Å². The SMILES string of the molecule is COc1cc(C(=O)N2CC[C@]3(C=C(N4CCNCC4)CC3)Cc3ccccc32)ccc1NC(=O)c1cc(F)ccc1Cl. The van der Waals surface area contributed by atoms with Gasteiger partial charge in [0.25, 0.3) is 11.8 Å². The van der Waals surface area contributed by atoms with E-state index >= 15 is 0 Å². The molecule has 0 bridgehead atoms. The molecule has 1 fully saturated rings. The number of hydrogen-bond acceptors (Lipinski definition) is 5. The van der Waals surface area contributed by atoms with Crippen molar-refractivity contribution in [2.45, 2.75) is 25.7 Å². The summed E-state index contributed by atoms with van der Waals surface area (Å²) in [6.45, 7) is 4.70. The third-order valence-electron chi connectivity index (χ3n) is 8.65. The maximum Gasteiger partial charge on any atom is 0.258 e. The van der Waals surface area contributed by atoms with Crippen LogP contribution in [0.3, 0.4) is 0 Å². The van der Waals surface area contributed by atoms with Crippen LogP contribution in [0.15, 0.2) is 72.4 Å². The third-order valence-corrected chi connectivity index (χ3v) is 8.98. The van der Waals surface area contributed by atoms with Crippen LogP contribution >= 0.6 is 11.6 Å². The fourth-order valence-corrected chi connectivity index (χ4v) is 6.62. The molecular weight excluding hydrogens is 555 g/mol. The van der Waals surface area contributed by atoms with Crippen LogP contribution in [0.25, 0.3) is 0 Å². The van der Waals surface area contributed by atoms with Gasteiger partial charge in [-0.25, -0.2) is 4.39 Å². The van der Waals surface area contributed by atoms with E-state index in [2.05, 4.69) is 27.7 Å². The van der Waals surface area contributed by atoms with Gasteiger partial charge in [-0.2, -0.15) is 0 Å². The number of nitrogens with one attached hydrogen (secondary N) is 2. The summed E-state index contributed by atoms with van der Waals surface area (Å²) in [6.07, 6.45) is 6.43. The molecule has 1 spiro atoms. The number of ether oxygens (including phenoxy) is 1. The molecule has 6 rings (SSSR count). The summed E-state index contributed by atoms with van der Waals surface area (Å²) in [4.78, 5) is 31.3. The van der Waals surface area contributed by atoms with Gasteiger partial charge in [0, 0.05) is 49.7 Å². The first kappa shape index (κ1) is 28.2. The number of anilines is 2. The monoisotopic (exact) mass is 588 g/mol. The molecule has 0 radical (unpaired) electrons. The van der Waals surface area contributed by atoms with E-state index in [1.54, 1.807) is 18.2 Å². The lowest BCUT2D eigenvalue weighted by Crippen LogP contribution is -2.42. The normalized spacial score (nSPS) is 20.1. The fourth-order valence-electron chi connectivity index (χ4n) is 6.41. The molecule has 2 amide bonds. The van der Waals surface area contributed by atoms with E-state index in [1.165, 1.54) is 30.5 Å². The number of carbonyl (C=O) groups excluding carboxylic acids is 2. The Kier molecular flexibility index (Phi) is 7.92. The molecule has 3 aliphatic rings. The van der Waals surface area contributed by atoms with Gasteiger partial charge in [0.2, 0.25) is 0 Å². The first-order valence-electron chi connectivity index (χ1n) is 14.4. The molecular formula is C33H34ClFN4O3. The van der Waals surface area contributed by atoms with Crippen LogP contribution < -0.4 is 20.3 Å². The Labute approximate surface area is 250 Å². The van der Waals surface area contributed by atoms with Crippen molar-refractivity contribution in [2.24, 2.45) is 5.41 Å². The number of piperazine rings is 1. The lowest BCUT2D eigenvalue weighted by atomic mass is 9.79. The quantitative estimate of drug-likeness (QED) is 0.388. The summed E-state index contributed by atoms with van der Waals surface area (Å²) in [5.41, 5.74) is 4.37. The van der Waals surface area contributed by atoms with E-state index in [4.69, 9.17) is 16.3 Å². The van der Waals surface area contributed by atoms with Gasteiger partial charge in [0.1, 0.15) is 11.6 Å². The van der Waals surface area contributed by atoms with Gasteiger partial charge in [0.05, 0.1) is 23.4 Å². The maximum atomic E-state index is 14.0. The molecule has 1 saturated heterocycles. The number of amides is 2. The molecule has 3 aromatic rings. The summed E-state index contributed by atoms with van der Waals surface area (Å²) < 4.78 is 19.3. The number of para-hydroxylation sites is 1. The summed E-state index contributed by atoms with van der Waals surface area (Å²) in [6, 6.07) is 16.7. The molecule has 9 heteroatoms. The minimum Gasteiger partial charge on any atom is -0.495 e. The molecule has 2 N–H and O–H groups in total. The lowest BCUT2D eigenvalue weighted by molar-refractivity contribution is 0.0984. The van der Waals surface area contributed by atoms with Gasteiger partial charge in [-0.05, 0) is 79.1 Å². The van der Waals surface area contributed by atoms with Crippen molar-refractivity contribution >= 4 is 34.8 Å².